The number of hydrogen-bond donors (Lipinski definition) is 2. The van der Waals surface area contributed by atoms with E-state index in [9.17, 15) is 4.79 Å². The first-order chi connectivity index (χ1) is 18.7. The molecule has 0 saturated heterocycles. The summed E-state index contributed by atoms with van der Waals surface area (Å²) in [6.07, 6.45) is 9.78. The smallest absolute Gasteiger partial charge is 0.253 e. The molecule has 0 aromatic heterocycles. The molecule has 0 radical (unpaired) electrons. The third kappa shape index (κ3) is 7.33. The molecule has 5 rings (SSSR count). The molecule has 3 aromatic rings. The van der Waals surface area contributed by atoms with Crippen LogP contribution in [0.4, 0.5) is 0 Å². The Bertz CT molecular complexity index is 1170. The van der Waals surface area contributed by atoms with E-state index >= 15 is 0 Å². The average molecular weight is 511 g/mol. The maximum Gasteiger partial charge on any atom is 0.253 e. The van der Waals surface area contributed by atoms with Crippen molar-refractivity contribution in [2.24, 2.45) is 5.92 Å². The highest BCUT2D eigenvalue weighted by molar-refractivity contribution is 5.94. The maximum absolute atomic E-state index is 13.1. The van der Waals surface area contributed by atoms with E-state index < -0.39 is 0 Å². The molecule has 4 heteroatoms. The Balaban J connectivity index is 1.17. The van der Waals surface area contributed by atoms with Gasteiger partial charge in [-0.3, -0.25) is 4.79 Å². The molecule has 0 bridgehead atoms. The Morgan fingerprint density at radius 3 is 2.50 bits per heavy atom. The van der Waals surface area contributed by atoms with Crippen LogP contribution in [0.25, 0.3) is 11.1 Å². The van der Waals surface area contributed by atoms with Crippen LogP contribution in [0.1, 0.15) is 72.5 Å². The quantitative estimate of drug-likeness (QED) is 0.251. The minimum absolute atomic E-state index is 0.0619. The third-order valence-electron chi connectivity index (χ3n) is 7.95. The third-order valence-corrected chi connectivity index (χ3v) is 7.95. The molecule has 2 N–H and O–H groups in total. The molecule has 2 atom stereocenters. The van der Waals surface area contributed by atoms with E-state index in [4.69, 9.17) is 4.74 Å². The first-order valence-corrected chi connectivity index (χ1v) is 14.6. The molecule has 1 saturated carbocycles. The molecule has 0 spiro atoms. The zero-order valence-corrected chi connectivity index (χ0v) is 22.8. The van der Waals surface area contributed by atoms with Crippen LogP contribution >= 0.6 is 0 Å². The van der Waals surface area contributed by atoms with Crippen LogP contribution in [0.5, 0.6) is 0 Å². The highest BCUT2D eigenvalue weighted by atomic mass is 16.5. The van der Waals surface area contributed by atoms with Gasteiger partial charge in [-0.25, -0.2) is 0 Å². The Morgan fingerprint density at radius 2 is 1.74 bits per heavy atom. The number of hydrogen-bond acceptors (Lipinski definition) is 3. The number of benzene rings is 3. The fourth-order valence-corrected chi connectivity index (χ4v) is 5.53. The lowest BCUT2D eigenvalue weighted by Crippen LogP contribution is -2.37. The van der Waals surface area contributed by atoms with Gasteiger partial charge < -0.3 is 15.4 Å². The van der Waals surface area contributed by atoms with Gasteiger partial charge in [-0.05, 0) is 110 Å². The van der Waals surface area contributed by atoms with E-state index in [0.717, 1.165) is 56.4 Å². The molecule has 3 aromatic carbocycles. The summed E-state index contributed by atoms with van der Waals surface area (Å²) in [6, 6.07) is 25.5. The number of carbonyl (C=O) groups is 1. The molecule has 4 nitrogen and oxygen atoms in total. The lowest BCUT2D eigenvalue weighted by molar-refractivity contribution is 0.0167. The van der Waals surface area contributed by atoms with E-state index in [2.05, 4.69) is 47.9 Å². The largest absolute Gasteiger partial charge is 0.358 e. The summed E-state index contributed by atoms with van der Waals surface area (Å²) in [5, 5.41) is 6.88. The predicted octanol–water partition coefficient (Wildman–Crippen LogP) is 6.72. The zero-order chi connectivity index (χ0) is 26.2. The number of rotatable bonds is 13. The van der Waals surface area contributed by atoms with Gasteiger partial charge in [-0.2, -0.15) is 0 Å². The fraction of sp³-hybridized carbons (Fsp3) is 0.441. The predicted molar refractivity (Wildman–Crippen MR) is 155 cm³/mol. The van der Waals surface area contributed by atoms with Gasteiger partial charge >= 0.3 is 0 Å². The van der Waals surface area contributed by atoms with E-state index in [0.29, 0.717) is 17.5 Å². The Labute approximate surface area is 228 Å². The van der Waals surface area contributed by atoms with Gasteiger partial charge in [0.2, 0.25) is 0 Å². The molecule has 200 valence electrons. The average Bonchev–Trinajstić information content (AvgIpc) is 3.80. The molecule has 0 heterocycles. The first kappa shape index (κ1) is 26.6. The maximum atomic E-state index is 13.1. The molecule has 38 heavy (non-hydrogen) atoms. The highest BCUT2D eigenvalue weighted by Crippen LogP contribution is 2.30. The molecule has 2 aliphatic carbocycles. The summed E-state index contributed by atoms with van der Waals surface area (Å²) in [4.78, 5) is 13.1. The SMILES string of the molecule is CCCN[C@H]1CCc2c(CCCC(NC(=O)c3ccc(-c4ccccc4)cc3)OCC3CC3)cccc2C1. The molecular formula is C34H42N2O2. The van der Waals surface area contributed by atoms with Gasteiger partial charge in [0.15, 0.2) is 0 Å². The second-order valence-electron chi connectivity index (χ2n) is 11.0. The summed E-state index contributed by atoms with van der Waals surface area (Å²) >= 11 is 0. The highest BCUT2D eigenvalue weighted by Gasteiger charge is 2.24. The molecular weight excluding hydrogens is 468 g/mol. The van der Waals surface area contributed by atoms with E-state index in [1.54, 1.807) is 5.56 Å². The Kier molecular flexibility index (Phi) is 9.27. The van der Waals surface area contributed by atoms with Crippen LogP contribution in [0.2, 0.25) is 0 Å². The number of nitrogens with one attached hydrogen (secondary N) is 2. The second kappa shape index (κ2) is 13.2. The molecule has 1 unspecified atom stereocenters. The normalized spacial score (nSPS) is 17.6. The summed E-state index contributed by atoms with van der Waals surface area (Å²) in [7, 11) is 0. The van der Waals surface area contributed by atoms with Crippen LogP contribution in [-0.4, -0.2) is 31.3 Å². The van der Waals surface area contributed by atoms with Gasteiger partial charge in [0.1, 0.15) is 6.23 Å². The van der Waals surface area contributed by atoms with Crippen LogP contribution < -0.4 is 10.6 Å². The van der Waals surface area contributed by atoms with Crippen LogP contribution in [0, 0.1) is 5.92 Å². The summed E-state index contributed by atoms with van der Waals surface area (Å²) < 4.78 is 6.21. The summed E-state index contributed by atoms with van der Waals surface area (Å²) in [5.41, 5.74) is 7.48. The summed E-state index contributed by atoms with van der Waals surface area (Å²) in [5.74, 6) is 0.600. The van der Waals surface area contributed by atoms with Crippen molar-refractivity contribution in [1.29, 1.82) is 0 Å². The van der Waals surface area contributed by atoms with Crippen molar-refractivity contribution in [2.75, 3.05) is 13.2 Å². The lowest BCUT2D eigenvalue weighted by Gasteiger charge is -2.27. The van der Waals surface area contributed by atoms with Crippen LogP contribution in [-0.2, 0) is 24.0 Å². The van der Waals surface area contributed by atoms with Crippen molar-refractivity contribution in [3.05, 3.63) is 95.1 Å². The van der Waals surface area contributed by atoms with Crippen molar-refractivity contribution < 1.29 is 9.53 Å². The molecule has 1 fully saturated rings. The number of carbonyl (C=O) groups excluding carboxylic acids is 1. The molecule has 0 aliphatic heterocycles. The van der Waals surface area contributed by atoms with Crippen molar-refractivity contribution in [1.82, 2.24) is 10.6 Å². The summed E-state index contributed by atoms with van der Waals surface area (Å²) in [6.45, 7) is 4.07. The van der Waals surface area contributed by atoms with Gasteiger partial charge in [0, 0.05) is 11.6 Å². The van der Waals surface area contributed by atoms with Crippen LogP contribution in [0.15, 0.2) is 72.8 Å². The van der Waals surface area contributed by atoms with Gasteiger partial charge in [0.05, 0.1) is 6.61 Å². The minimum Gasteiger partial charge on any atom is -0.358 e. The lowest BCUT2D eigenvalue weighted by atomic mass is 9.84. The number of amides is 1. The number of ether oxygens (including phenoxy) is 1. The zero-order valence-electron chi connectivity index (χ0n) is 22.8. The van der Waals surface area contributed by atoms with E-state index in [1.165, 1.54) is 36.8 Å². The van der Waals surface area contributed by atoms with E-state index in [-0.39, 0.29) is 12.1 Å². The minimum atomic E-state index is -0.251. The monoisotopic (exact) mass is 510 g/mol. The topological polar surface area (TPSA) is 50.4 Å². The van der Waals surface area contributed by atoms with Crippen LogP contribution in [0.3, 0.4) is 0 Å². The first-order valence-electron chi connectivity index (χ1n) is 14.6. The second-order valence-corrected chi connectivity index (χ2v) is 11.0. The van der Waals surface area contributed by atoms with Crippen molar-refractivity contribution >= 4 is 5.91 Å². The molecule has 2 aliphatic rings. The fourth-order valence-electron chi connectivity index (χ4n) is 5.53. The van der Waals surface area contributed by atoms with Gasteiger partial charge in [-0.1, -0.05) is 67.6 Å². The van der Waals surface area contributed by atoms with Gasteiger partial charge in [0.25, 0.3) is 5.91 Å². The van der Waals surface area contributed by atoms with Crippen molar-refractivity contribution in [3.8, 4) is 11.1 Å². The van der Waals surface area contributed by atoms with Gasteiger partial charge in [-0.15, -0.1) is 0 Å². The Morgan fingerprint density at radius 1 is 0.947 bits per heavy atom. The molecule has 1 amide bonds. The standard InChI is InChI=1S/C34H42N2O2/c1-2-22-35-31-20-21-32-28(10-6-12-30(32)23-31)11-7-13-33(38-24-25-14-15-25)36-34(37)29-18-16-27(17-19-29)26-8-4-3-5-9-26/h3-6,8-10,12,16-19,25,31,33,35H,2,7,11,13-15,20-24H2,1H3,(H,36,37)/t31-,33?/m0/s1. The number of fused-ring (bicyclic) bond motifs is 1. The number of aryl methyl sites for hydroxylation is 1. The Hall–Kier alpha value is -2.95. The van der Waals surface area contributed by atoms with Crippen molar-refractivity contribution in [3.63, 3.8) is 0 Å². The van der Waals surface area contributed by atoms with E-state index in [1.807, 2.05) is 42.5 Å². The van der Waals surface area contributed by atoms with Crippen molar-refractivity contribution in [2.45, 2.75) is 77.0 Å².